The van der Waals surface area contributed by atoms with Crippen LogP contribution in [-0.4, -0.2) is 36.4 Å². The first-order chi connectivity index (χ1) is 12.1. The molecule has 6 heteroatoms. The number of aliphatic hydroxyl groups excluding tert-OH is 1. The summed E-state index contributed by atoms with van der Waals surface area (Å²) in [5.74, 6) is -0.815. The standard InChI is InChI=1S/C19H21NO5/c1-24-18(22)17(21)16(12-14-8-4-2-5-9-14)20-19(23)25-13-15-10-6-3-7-11-15/h2-11,16-17,21H,12-13H2,1H3,(H,20,23)/t16-,17-/m1/s1. The Balaban J connectivity index is 1.99. The quantitative estimate of drug-likeness (QED) is 0.752. The Morgan fingerprint density at radius 3 is 2.12 bits per heavy atom. The number of carbonyl (C=O) groups is 2. The Bertz CT molecular complexity index is 675. The molecule has 2 aromatic carbocycles. The summed E-state index contributed by atoms with van der Waals surface area (Å²) < 4.78 is 9.71. The summed E-state index contributed by atoms with van der Waals surface area (Å²) in [5, 5.41) is 12.7. The van der Waals surface area contributed by atoms with Crippen LogP contribution in [-0.2, 0) is 27.3 Å². The number of carbonyl (C=O) groups excluding carboxylic acids is 2. The van der Waals surface area contributed by atoms with Crippen molar-refractivity contribution in [1.29, 1.82) is 0 Å². The molecular formula is C19H21NO5. The Hall–Kier alpha value is -2.86. The van der Waals surface area contributed by atoms with E-state index in [0.717, 1.165) is 11.1 Å². The second kappa shape index (κ2) is 9.44. The van der Waals surface area contributed by atoms with Crippen molar-refractivity contribution in [3.63, 3.8) is 0 Å². The predicted octanol–water partition coefficient (Wildman–Crippen LogP) is 2.06. The van der Waals surface area contributed by atoms with Crippen LogP contribution < -0.4 is 5.32 Å². The van der Waals surface area contributed by atoms with Gasteiger partial charge in [-0.15, -0.1) is 0 Å². The number of amides is 1. The van der Waals surface area contributed by atoms with Crippen molar-refractivity contribution in [3.05, 3.63) is 71.8 Å². The molecule has 0 saturated heterocycles. The molecule has 0 aliphatic carbocycles. The van der Waals surface area contributed by atoms with Crippen molar-refractivity contribution >= 4 is 12.1 Å². The molecule has 0 aliphatic heterocycles. The fraction of sp³-hybridized carbons (Fsp3) is 0.263. The summed E-state index contributed by atoms with van der Waals surface area (Å²) in [6, 6.07) is 17.6. The van der Waals surface area contributed by atoms with E-state index in [1.165, 1.54) is 7.11 Å². The van der Waals surface area contributed by atoms with E-state index in [0.29, 0.717) is 0 Å². The van der Waals surface area contributed by atoms with Crippen LogP contribution in [0.1, 0.15) is 11.1 Å². The number of hydrogen-bond donors (Lipinski definition) is 2. The minimum Gasteiger partial charge on any atom is -0.467 e. The van der Waals surface area contributed by atoms with Crippen LogP contribution >= 0.6 is 0 Å². The highest BCUT2D eigenvalue weighted by molar-refractivity contribution is 5.77. The van der Waals surface area contributed by atoms with Crippen molar-refractivity contribution in [2.24, 2.45) is 0 Å². The van der Waals surface area contributed by atoms with Crippen LogP contribution in [0, 0.1) is 0 Å². The molecule has 1 amide bonds. The molecule has 2 N–H and O–H groups in total. The van der Waals surface area contributed by atoms with Crippen LogP contribution in [0.15, 0.2) is 60.7 Å². The van der Waals surface area contributed by atoms with E-state index in [4.69, 9.17) is 4.74 Å². The van der Waals surface area contributed by atoms with Gasteiger partial charge in [-0.05, 0) is 17.5 Å². The monoisotopic (exact) mass is 343 g/mol. The van der Waals surface area contributed by atoms with Crippen molar-refractivity contribution < 1.29 is 24.2 Å². The van der Waals surface area contributed by atoms with Gasteiger partial charge in [0.15, 0.2) is 6.10 Å². The van der Waals surface area contributed by atoms with Gasteiger partial charge in [-0.1, -0.05) is 60.7 Å². The van der Waals surface area contributed by atoms with Gasteiger partial charge in [0.2, 0.25) is 0 Å². The highest BCUT2D eigenvalue weighted by Crippen LogP contribution is 2.09. The first-order valence-corrected chi connectivity index (χ1v) is 7.87. The van der Waals surface area contributed by atoms with E-state index in [-0.39, 0.29) is 13.0 Å². The number of benzene rings is 2. The maximum Gasteiger partial charge on any atom is 0.407 e. The Kier molecular flexibility index (Phi) is 6.98. The van der Waals surface area contributed by atoms with Crippen molar-refractivity contribution in [3.8, 4) is 0 Å². The number of alkyl carbamates (subject to hydrolysis) is 1. The second-order valence-electron chi connectivity index (χ2n) is 5.47. The zero-order valence-electron chi connectivity index (χ0n) is 13.9. The third-order valence-corrected chi connectivity index (χ3v) is 3.64. The summed E-state index contributed by atoms with van der Waals surface area (Å²) in [6.07, 6.45) is -1.94. The van der Waals surface area contributed by atoms with Gasteiger partial charge < -0.3 is 19.9 Å². The summed E-state index contributed by atoms with van der Waals surface area (Å²) in [5.41, 5.74) is 1.70. The maximum atomic E-state index is 12.0. The molecule has 0 aliphatic rings. The zero-order chi connectivity index (χ0) is 18.1. The minimum atomic E-state index is -1.49. The molecule has 0 spiro atoms. The fourth-order valence-corrected chi connectivity index (χ4v) is 2.31. The van der Waals surface area contributed by atoms with Gasteiger partial charge in [0, 0.05) is 0 Å². The molecule has 2 aromatic rings. The smallest absolute Gasteiger partial charge is 0.407 e. The molecule has 2 atom stereocenters. The second-order valence-corrected chi connectivity index (χ2v) is 5.47. The summed E-state index contributed by atoms with van der Waals surface area (Å²) in [7, 11) is 1.18. The highest BCUT2D eigenvalue weighted by Gasteiger charge is 2.29. The van der Waals surface area contributed by atoms with Crippen LogP contribution in [0.5, 0.6) is 0 Å². The Morgan fingerprint density at radius 1 is 1.00 bits per heavy atom. The normalized spacial score (nSPS) is 12.7. The number of esters is 1. The average Bonchev–Trinajstić information content (AvgIpc) is 2.66. The lowest BCUT2D eigenvalue weighted by Crippen LogP contribution is -2.48. The molecule has 0 aromatic heterocycles. The number of rotatable bonds is 7. The lowest BCUT2D eigenvalue weighted by Gasteiger charge is -2.22. The summed E-state index contributed by atoms with van der Waals surface area (Å²) in [6.45, 7) is 0.0963. The first-order valence-electron chi connectivity index (χ1n) is 7.87. The van der Waals surface area contributed by atoms with Crippen LogP contribution in [0.25, 0.3) is 0 Å². The lowest BCUT2D eigenvalue weighted by atomic mass is 10.0. The van der Waals surface area contributed by atoms with Crippen molar-refractivity contribution in [1.82, 2.24) is 5.32 Å². The maximum absolute atomic E-state index is 12.0. The Labute approximate surface area is 146 Å². The third-order valence-electron chi connectivity index (χ3n) is 3.64. The van der Waals surface area contributed by atoms with Gasteiger partial charge in [-0.25, -0.2) is 9.59 Å². The van der Waals surface area contributed by atoms with E-state index in [2.05, 4.69) is 10.1 Å². The molecule has 0 heterocycles. The molecule has 0 saturated carbocycles. The van der Waals surface area contributed by atoms with E-state index >= 15 is 0 Å². The highest BCUT2D eigenvalue weighted by atomic mass is 16.6. The summed E-state index contributed by atoms with van der Waals surface area (Å²) in [4.78, 5) is 23.7. The SMILES string of the molecule is COC(=O)[C@H](O)[C@@H](Cc1ccccc1)NC(=O)OCc1ccccc1. The predicted molar refractivity (Wildman–Crippen MR) is 91.7 cm³/mol. The van der Waals surface area contributed by atoms with E-state index in [9.17, 15) is 14.7 Å². The average molecular weight is 343 g/mol. The van der Waals surface area contributed by atoms with Gasteiger partial charge in [0.25, 0.3) is 0 Å². The number of aliphatic hydroxyl groups is 1. The van der Waals surface area contributed by atoms with E-state index in [1.54, 1.807) is 0 Å². The molecule has 0 fully saturated rings. The number of ether oxygens (including phenoxy) is 2. The van der Waals surface area contributed by atoms with Gasteiger partial charge in [0.05, 0.1) is 13.2 Å². The largest absolute Gasteiger partial charge is 0.467 e. The molecular weight excluding hydrogens is 322 g/mol. The van der Waals surface area contributed by atoms with Gasteiger partial charge >= 0.3 is 12.1 Å². The van der Waals surface area contributed by atoms with Crippen LogP contribution in [0.3, 0.4) is 0 Å². The number of nitrogens with one attached hydrogen (secondary N) is 1. The molecule has 132 valence electrons. The van der Waals surface area contributed by atoms with E-state index < -0.39 is 24.2 Å². The number of hydrogen-bond acceptors (Lipinski definition) is 5. The molecule has 0 radical (unpaired) electrons. The van der Waals surface area contributed by atoms with Crippen LogP contribution in [0.4, 0.5) is 4.79 Å². The zero-order valence-corrected chi connectivity index (χ0v) is 13.9. The van der Waals surface area contributed by atoms with Crippen molar-refractivity contribution in [2.45, 2.75) is 25.2 Å². The molecule has 25 heavy (non-hydrogen) atoms. The number of methoxy groups -OCH3 is 1. The van der Waals surface area contributed by atoms with E-state index in [1.807, 2.05) is 60.7 Å². The fourth-order valence-electron chi connectivity index (χ4n) is 2.31. The molecule has 6 nitrogen and oxygen atoms in total. The Morgan fingerprint density at radius 2 is 1.56 bits per heavy atom. The first kappa shape index (κ1) is 18.5. The molecule has 2 rings (SSSR count). The van der Waals surface area contributed by atoms with Gasteiger partial charge in [-0.2, -0.15) is 0 Å². The lowest BCUT2D eigenvalue weighted by molar-refractivity contribution is -0.151. The summed E-state index contributed by atoms with van der Waals surface area (Å²) >= 11 is 0. The third kappa shape index (κ3) is 5.93. The van der Waals surface area contributed by atoms with Crippen molar-refractivity contribution in [2.75, 3.05) is 7.11 Å². The van der Waals surface area contributed by atoms with Gasteiger partial charge in [-0.3, -0.25) is 0 Å². The topological polar surface area (TPSA) is 84.9 Å². The molecule has 0 unspecified atom stereocenters. The molecule has 0 bridgehead atoms. The van der Waals surface area contributed by atoms with Gasteiger partial charge in [0.1, 0.15) is 6.61 Å². The van der Waals surface area contributed by atoms with Crippen LogP contribution in [0.2, 0.25) is 0 Å². The minimum absolute atomic E-state index is 0.0963.